The third-order valence-electron chi connectivity index (χ3n) is 1.26. The van der Waals surface area contributed by atoms with Crippen LogP contribution in [0.25, 0.3) is 0 Å². The number of anilines is 1. The first-order chi connectivity index (χ1) is 5.52. The summed E-state index contributed by atoms with van der Waals surface area (Å²) in [5, 5.41) is 4.13. The van der Waals surface area contributed by atoms with Crippen LogP contribution in [0.1, 0.15) is 13.8 Å². The average molecular weight is 208 g/mol. The smallest absolute Gasteiger partial charge is 0.165 e. The van der Waals surface area contributed by atoms with Crippen molar-refractivity contribution in [2.24, 2.45) is 0 Å². The van der Waals surface area contributed by atoms with E-state index in [-0.39, 0.29) is 11.1 Å². The third-order valence-corrected chi connectivity index (χ3v) is 2.92. The van der Waals surface area contributed by atoms with Crippen LogP contribution in [0.5, 0.6) is 0 Å². The van der Waals surface area contributed by atoms with Crippen molar-refractivity contribution < 1.29 is 4.21 Å². The highest BCUT2D eigenvalue weighted by Gasteiger charge is 2.11. The van der Waals surface area contributed by atoms with E-state index in [1.807, 2.05) is 13.8 Å². The molecule has 1 unspecified atom stereocenters. The molecule has 0 aliphatic heterocycles. The van der Waals surface area contributed by atoms with Crippen LogP contribution in [0, 0.1) is 0 Å². The number of nitrogen functional groups attached to an aromatic ring is 1. The number of aromatic nitrogens is 2. The Morgan fingerprint density at radius 2 is 2.33 bits per heavy atom. The van der Waals surface area contributed by atoms with Crippen LogP contribution in [0.15, 0.2) is 6.20 Å². The number of hydrogen-bond acceptors (Lipinski definition) is 3. The maximum atomic E-state index is 11.4. The van der Waals surface area contributed by atoms with Gasteiger partial charge in [0.1, 0.15) is 16.0 Å². The van der Waals surface area contributed by atoms with Gasteiger partial charge in [0.2, 0.25) is 0 Å². The summed E-state index contributed by atoms with van der Waals surface area (Å²) in [6.45, 7) is 3.67. The van der Waals surface area contributed by atoms with Crippen molar-refractivity contribution in [2.45, 2.75) is 19.1 Å². The minimum absolute atomic E-state index is 0.000340. The number of halogens is 1. The largest absolute Gasteiger partial charge is 0.381 e. The minimum atomic E-state index is -1.18. The van der Waals surface area contributed by atoms with Crippen molar-refractivity contribution in [1.82, 2.24) is 9.19 Å². The second-order valence-corrected chi connectivity index (χ2v) is 4.87. The van der Waals surface area contributed by atoms with Gasteiger partial charge in [0.25, 0.3) is 0 Å². The highest BCUT2D eigenvalue weighted by molar-refractivity contribution is 7.83. The van der Waals surface area contributed by atoms with Crippen molar-refractivity contribution in [3.8, 4) is 0 Å². The molecule has 0 bridgehead atoms. The summed E-state index contributed by atoms with van der Waals surface area (Å²) in [5.74, 6) is 0.214. The molecule has 0 fully saturated rings. The van der Waals surface area contributed by atoms with Gasteiger partial charge < -0.3 is 5.73 Å². The molecule has 0 amide bonds. The van der Waals surface area contributed by atoms with E-state index in [4.69, 9.17) is 17.3 Å². The number of rotatable bonds is 2. The van der Waals surface area contributed by atoms with E-state index in [1.54, 1.807) is 0 Å². The summed E-state index contributed by atoms with van der Waals surface area (Å²) >= 11 is 5.64. The molecular formula is C6H10ClN3OS. The van der Waals surface area contributed by atoms with Gasteiger partial charge in [0.15, 0.2) is 5.82 Å². The lowest BCUT2D eigenvalue weighted by molar-refractivity contribution is 0.664. The highest BCUT2D eigenvalue weighted by Crippen LogP contribution is 2.16. The average Bonchev–Trinajstić information content (AvgIpc) is 2.30. The van der Waals surface area contributed by atoms with Crippen molar-refractivity contribution >= 4 is 28.4 Å². The first kappa shape index (κ1) is 9.54. The maximum Gasteiger partial charge on any atom is 0.165 e. The zero-order valence-corrected chi connectivity index (χ0v) is 8.39. The molecule has 4 nitrogen and oxygen atoms in total. The van der Waals surface area contributed by atoms with Gasteiger partial charge in [-0.1, -0.05) is 11.6 Å². The second kappa shape index (κ2) is 3.45. The Balaban J connectivity index is 2.97. The first-order valence-corrected chi connectivity index (χ1v) is 4.99. The van der Waals surface area contributed by atoms with Crippen LogP contribution in [-0.2, 0) is 11.0 Å². The van der Waals surface area contributed by atoms with Gasteiger partial charge in [-0.3, -0.25) is 0 Å². The molecule has 0 aliphatic carbocycles. The quantitative estimate of drug-likeness (QED) is 0.789. The molecule has 0 radical (unpaired) electrons. The molecule has 1 rings (SSSR count). The van der Waals surface area contributed by atoms with Gasteiger partial charge in [-0.15, -0.1) is 5.10 Å². The molecule has 12 heavy (non-hydrogen) atoms. The Hall–Kier alpha value is -0.550. The highest BCUT2D eigenvalue weighted by atomic mass is 35.5. The van der Waals surface area contributed by atoms with Crippen LogP contribution in [-0.4, -0.2) is 18.6 Å². The summed E-state index contributed by atoms with van der Waals surface area (Å²) < 4.78 is 12.7. The molecule has 0 spiro atoms. The van der Waals surface area contributed by atoms with Crippen molar-refractivity contribution in [1.29, 1.82) is 0 Å². The minimum Gasteiger partial charge on any atom is -0.381 e. The van der Waals surface area contributed by atoms with Crippen molar-refractivity contribution in [2.75, 3.05) is 5.73 Å². The molecule has 6 heteroatoms. The molecule has 0 saturated carbocycles. The molecule has 0 saturated heterocycles. The lowest BCUT2D eigenvalue weighted by Gasteiger charge is -2.02. The third kappa shape index (κ3) is 1.78. The lowest BCUT2D eigenvalue weighted by Crippen LogP contribution is -2.15. The van der Waals surface area contributed by atoms with Crippen LogP contribution < -0.4 is 5.73 Å². The fourth-order valence-electron chi connectivity index (χ4n) is 0.654. The topological polar surface area (TPSA) is 60.9 Å². The Morgan fingerprint density at radius 3 is 2.67 bits per heavy atom. The van der Waals surface area contributed by atoms with E-state index in [0.29, 0.717) is 5.02 Å². The predicted octanol–water partition coefficient (Wildman–Crippen LogP) is 1.04. The Labute approximate surface area is 78.3 Å². The van der Waals surface area contributed by atoms with Crippen molar-refractivity contribution in [3.05, 3.63) is 11.2 Å². The zero-order chi connectivity index (χ0) is 9.30. The Bertz CT molecular complexity index is 290. The van der Waals surface area contributed by atoms with Gasteiger partial charge in [0.05, 0.1) is 11.4 Å². The number of hydrogen-bond donors (Lipinski definition) is 1. The Morgan fingerprint density at radius 1 is 1.75 bits per heavy atom. The zero-order valence-electron chi connectivity index (χ0n) is 6.82. The number of nitrogens with zero attached hydrogens (tertiary/aromatic N) is 2. The molecule has 2 N–H and O–H groups in total. The van der Waals surface area contributed by atoms with E-state index in [2.05, 4.69) is 5.10 Å². The predicted molar refractivity (Wildman–Crippen MR) is 50.3 cm³/mol. The maximum absolute atomic E-state index is 11.4. The molecule has 0 aromatic carbocycles. The standard InChI is InChI=1S/C6H10ClN3OS/c1-4(2)12(11)10-3-5(7)6(8)9-10/h3-4H,1-2H3,(H2,8,9). The van der Waals surface area contributed by atoms with Crippen LogP contribution in [0.3, 0.4) is 0 Å². The van der Waals surface area contributed by atoms with Crippen LogP contribution in [0.2, 0.25) is 5.02 Å². The summed E-state index contributed by atoms with van der Waals surface area (Å²) in [7, 11) is -1.18. The van der Waals surface area contributed by atoms with E-state index >= 15 is 0 Å². The van der Waals surface area contributed by atoms with Gasteiger partial charge in [-0.05, 0) is 13.8 Å². The SMILES string of the molecule is CC(C)S(=O)n1cc(Cl)c(N)n1. The van der Waals surface area contributed by atoms with Crippen molar-refractivity contribution in [3.63, 3.8) is 0 Å². The van der Waals surface area contributed by atoms with E-state index in [0.717, 1.165) is 0 Å². The van der Waals surface area contributed by atoms with Gasteiger partial charge >= 0.3 is 0 Å². The van der Waals surface area contributed by atoms with Gasteiger partial charge in [0, 0.05) is 0 Å². The fraction of sp³-hybridized carbons (Fsp3) is 0.500. The van der Waals surface area contributed by atoms with Crippen LogP contribution in [0.4, 0.5) is 5.82 Å². The van der Waals surface area contributed by atoms with Gasteiger partial charge in [-0.2, -0.15) is 4.09 Å². The summed E-state index contributed by atoms with van der Waals surface area (Å²) in [5.41, 5.74) is 5.38. The van der Waals surface area contributed by atoms with Crippen LogP contribution >= 0.6 is 11.6 Å². The molecule has 1 aromatic heterocycles. The molecule has 68 valence electrons. The summed E-state index contributed by atoms with van der Waals surface area (Å²) in [6, 6.07) is 0. The van der Waals surface area contributed by atoms with E-state index in [9.17, 15) is 4.21 Å². The summed E-state index contributed by atoms with van der Waals surface area (Å²) in [4.78, 5) is 0. The number of nitrogens with two attached hydrogens (primary N) is 1. The normalized spacial score (nSPS) is 13.7. The first-order valence-electron chi connectivity index (χ1n) is 3.44. The molecule has 1 atom stereocenters. The lowest BCUT2D eigenvalue weighted by atomic mass is 10.6. The molecule has 1 heterocycles. The fourth-order valence-corrected chi connectivity index (χ4v) is 1.65. The molecule has 0 aliphatic rings. The van der Waals surface area contributed by atoms with Gasteiger partial charge in [-0.25, -0.2) is 4.21 Å². The molecular weight excluding hydrogens is 198 g/mol. The monoisotopic (exact) mass is 207 g/mol. The Kier molecular flexibility index (Phi) is 2.74. The molecule has 1 aromatic rings. The van der Waals surface area contributed by atoms with E-state index in [1.165, 1.54) is 10.3 Å². The second-order valence-electron chi connectivity index (χ2n) is 2.59. The van der Waals surface area contributed by atoms with E-state index < -0.39 is 11.0 Å². The summed E-state index contributed by atoms with van der Waals surface area (Å²) in [6.07, 6.45) is 1.47.